The second kappa shape index (κ2) is 6.07. The van der Waals surface area contributed by atoms with Crippen LogP contribution in [0.25, 0.3) is 6.20 Å². The van der Waals surface area contributed by atoms with E-state index in [0.717, 1.165) is 17.0 Å². The maximum Gasteiger partial charge on any atom is 0.146 e. The van der Waals surface area contributed by atoms with Crippen molar-refractivity contribution in [3.63, 3.8) is 0 Å². The molecule has 2 atom stereocenters. The van der Waals surface area contributed by atoms with Crippen LogP contribution in [0.15, 0.2) is 47.5 Å². The van der Waals surface area contributed by atoms with Crippen LogP contribution in [0.1, 0.15) is 13.3 Å². The molecule has 3 nitrogen and oxygen atoms in total. The third kappa shape index (κ3) is 2.60. The normalized spacial score (nSPS) is 18.2. The highest BCUT2D eigenvalue weighted by molar-refractivity contribution is 6.30. The van der Waals surface area contributed by atoms with E-state index in [-0.39, 0.29) is 18.0 Å². The molecule has 22 heavy (non-hydrogen) atoms. The Kier molecular flexibility index (Phi) is 4.14. The number of fused-ring (bicyclic) bond motifs is 1. The van der Waals surface area contributed by atoms with Crippen molar-refractivity contribution in [2.24, 2.45) is 10.7 Å². The van der Waals surface area contributed by atoms with Crippen molar-refractivity contribution >= 4 is 23.5 Å². The number of benzene rings is 2. The van der Waals surface area contributed by atoms with Crippen LogP contribution in [0.4, 0.5) is 10.1 Å². The first-order valence-corrected chi connectivity index (χ1v) is 7.62. The zero-order chi connectivity index (χ0) is 15.7. The van der Waals surface area contributed by atoms with Gasteiger partial charge in [0, 0.05) is 17.5 Å². The number of anilines is 1. The first-order chi connectivity index (χ1) is 10.6. The van der Waals surface area contributed by atoms with E-state index in [1.54, 1.807) is 29.2 Å². The Morgan fingerprint density at radius 3 is 2.77 bits per heavy atom. The van der Waals surface area contributed by atoms with Crippen LogP contribution in [-0.4, -0.2) is 12.2 Å². The van der Waals surface area contributed by atoms with Gasteiger partial charge in [-0.3, -0.25) is 4.99 Å². The minimum Gasteiger partial charge on any atom is -0.324 e. The molecular weight excluding hydrogens is 301 g/mol. The molecular formula is C17H17ClFN3. The molecule has 0 radical (unpaired) electrons. The molecule has 0 spiro atoms. The molecule has 2 aromatic rings. The van der Waals surface area contributed by atoms with E-state index in [0.29, 0.717) is 10.7 Å². The van der Waals surface area contributed by atoms with Gasteiger partial charge in [-0.2, -0.15) is 0 Å². The molecule has 1 aliphatic heterocycles. The molecule has 0 amide bonds. The number of hydrogen-bond acceptors (Lipinski definition) is 3. The fourth-order valence-corrected chi connectivity index (χ4v) is 2.79. The summed E-state index contributed by atoms with van der Waals surface area (Å²) in [4.78, 5) is 6.47. The number of hydrogen-bond donors (Lipinski definition) is 1. The maximum absolute atomic E-state index is 14.2. The van der Waals surface area contributed by atoms with E-state index in [1.807, 2.05) is 25.3 Å². The quantitative estimate of drug-likeness (QED) is 0.944. The molecule has 2 N–H and O–H groups in total. The molecule has 0 fully saturated rings. The minimum absolute atomic E-state index is 0.206. The van der Waals surface area contributed by atoms with Gasteiger partial charge in [0.05, 0.1) is 16.1 Å². The minimum atomic E-state index is -0.354. The molecule has 114 valence electrons. The van der Waals surface area contributed by atoms with Gasteiger partial charge < -0.3 is 10.6 Å². The van der Waals surface area contributed by atoms with Crippen LogP contribution in [0.2, 0.25) is 5.02 Å². The molecule has 0 aromatic heterocycles. The van der Waals surface area contributed by atoms with Gasteiger partial charge in [-0.1, -0.05) is 36.7 Å². The van der Waals surface area contributed by atoms with Crippen LogP contribution in [0.3, 0.4) is 0 Å². The fraction of sp³-hybridized carbons (Fsp3) is 0.235. The van der Waals surface area contributed by atoms with Gasteiger partial charge in [-0.05, 0) is 30.7 Å². The van der Waals surface area contributed by atoms with Crippen molar-refractivity contribution in [2.75, 3.05) is 4.90 Å². The number of nitrogens with zero attached hydrogens (tertiary/aromatic N) is 2. The lowest BCUT2D eigenvalue weighted by Crippen LogP contribution is -2.51. The fourth-order valence-electron chi connectivity index (χ4n) is 2.57. The Morgan fingerprint density at radius 1 is 1.27 bits per heavy atom. The summed E-state index contributed by atoms with van der Waals surface area (Å²) in [7, 11) is 0. The molecule has 1 heterocycles. The predicted octanol–water partition coefficient (Wildman–Crippen LogP) is 2.42. The third-order valence-corrected chi connectivity index (χ3v) is 4.17. The van der Waals surface area contributed by atoms with Gasteiger partial charge in [0.1, 0.15) is 12.0 Å². The molecule has 0 saturated carbocycles. The van der Waals surface area contributed by atoms with E-state index in [2.05, 4.69) is 0 Å². The average Bonchev–Trinajstić information content (AvgIpc) is 2.54. The van der Waals surface area contributed by atoms with Crippen molar-refractivity contribution < 1.29 is 4.39 Å². The molecule has 1 aliphatic rings. The Hall–Kier alpha value is -1.91. The Balaban J connectivity index is 2.22. The highest BCUT2D eigenvalue weighted by Gasteiger charge is 2.26. The van der Waals surface area contributed by atoms with Crippen LogP contribution in [0, 0.1) is 5.82 Å². The number of para-hydroxylation sites is 1. The van der Waals surface area contributed by atoms with Crippen molar-refractivity contribution in [2.45, 2.75) is 25.6 Å². The second-order valence-electron chi connectivity index (χ2n) is 5.28. The van der Waals surface area contributed by atoms with Crippen molar-refractivity contribution in [1.82, 2.24) is 0 Å². The van der Waals surface area contributed by atoms with Crippen molar-refractivity contribution in [3.8, 4) is 0 Å². The topological polar surface area (TPSA) is 41.6 Å². The Bertz CT molecular complexity index is 806. The molecule has 2 aromatic carbocycles. The average molecular weight is 318 g/mol. The lowest BCUT2D eigenvalue weighted by atomic mass is 10.1. The SMILES string of the molecule is CCC(N)[C@@H]1N=c2cccc(Cl)c2=CN1c1ccccc1F. The zero-order valence-corrected chi connectivity index (χ0v) is 13.0. The van der Waals surface area contributed by atoms with Gasteiger partial charge in [0.25, 0.3) is 0 Å². The van der Waals surface area contributed by atoms with Gasteiger partial charge in [0.15, 0.2) is 0 Å². The predicted molar refractivity (Wildman–Crippen MR) is 87.6 cm³/mol. The Labute approximate surface area is 133 Å². The van der Waals surface area contributed by atoms with Crippen LogP contribution in [0.5, 0.6) is 0 Å². The van der Waals surface area contributed by atoms with Crippen LogP contribution in [-0.2, 0) is 0 Å². The number of halogens is 2. The summed E-state index contributed by atoms with van der Waals surface area (Å²) in [6.07, 6.45) is 2.22. The lowest BCUT2D eigenvalue weighted by molar-refractivity contribution is 0.504. The van der Waals surface area contributed by atoms with Gasteiger partial charge >= 0.3 is 0 Å². The summed E-state index contributed by atoms with van der Waals surface area (Å²) >= 11 is 6.25. The van der Waals surface area contributed by atoms with E-state index >= 15 is 0 Å². The highest BCUT2D eigenvalue weighted by atomic mass is 35.5. The summed E-state index contributed by atoms with van der Waals surface area (Å²) < 4.78 is 14.2. The van der Waals surface area contributed by atoms with E-state index in [9.17, 15) is 4.39 Å². The first-order valence-electron chi connectivity index (χ1n) is 7.24. The second-order valence-corrected chi connectivity index (χ2v) is 5.68. The monoisotopic (exact) mass is 317 g/mol. The summed E-state index contributed by atoms with van der Waals surface area (Å²) in [6, 6.07) is 11.9. The first kappa shape index (κ1) is 15.0. The molecule has 5 heteroatoms. The zero-order valence-electron chi connectivity index (χ0n) is 12.2. The van der Waals surface area contributed by atoms with E-state index in [1.165, 1.54) is 6.07 Å². The summed E-state index contributed by atoms with van der Waals surface area (Å²) in [5.41, 5.74) is 6.66. The van der Waals surface area contributed by atoms with Gasteiger partial charge in [0.2, 0.25) is 0 Å². The molecule has 3 rings (SSSR count). The van der Waals surface area contributed by atoms with Crippen LogP contribution >= 0.6 is 11.6 Å². The van der Waals surface area contributed by atoms with Gasteiger partial charge in [-0.25, -0.2) is 4.39 Å². The Morgan fingerprint density at radius 2 is 2.05 bits per heavy atom. The molecule has 1 unspecified atom stereocenters. The van der Waals surface area contributed by atoms with Crippen LogP contribution < -0.4 is 21.2 Å². The van der Waals surface area contributed by atoms with Crippen molar-refractivity contribution in [1.29, 1.82) is 0 Å². The largest absolute Gasteiger partial charge is 0.324 e. The van der Waals surface area contributed by atoms with E-state index < -0.39 is 0 Å². The smallest absolute Gasteiger partial charge is 0.146 e. The summed E-state index contributed by atoms with van der Waals surface area (Å²) in [5, 5.41) is 2.16. The highest BCUT2D eigenvalue weighted by Crippen LogP contribution is 2.24. The third-order valence-electron chi connectivity index (χ3n) is 3.84. The van der Waals surface area contributed by atoms with Crippen molar-refractivity contribution in [3.05, 3.63) is 63.9 Å². The lowest BCUT2D eigenvalue weighted by Gasteiger charge is -2.33. The van der Waals surface area contributed by atoms with E-state index in [4.69, 9.17) is 22.3 Å². The summed E-state index contributed by atoms with van der Waals surface area (Å²) in [5.74, 6) is -0.308. The number of nitrogens with two attached hydrogens (primary N) is 1. The maximum atomic E-state index is 14.2. The molecule has 0 aliphatic carbocycles. The van der Waals surface area contributed by atoms with Gasteiger partial charge in [-0.15, -0.1) is 0 Å². The molecule has 0 bridgehead atoms. The number of rotatable bonds is 3. The summed E-state index contributed by atoms with van der Waals surface area (Å²) in [6.45, 7) is 1.99. The molecule has 0 saturated heterocycles. The standard InChI is InChI=1S/C17H17ClFN3/c1-2-14(20)17-21-15-8-5-6-12(18)11(15)10-22(17)16-9-4-3-7-13(16)19/h3-10,14,17H,2,20H2,1H3/t14?,17-/m1/s1.